The summed E-state index contributed by atoms with van der Waals surface area (Å²) < 4.78 is 25.9. The van der Waals surface area contributed by atoms with Crippen LogP contribution in [0.5, 0.6) is 0 Å². The molecule has 0 saturated heterocycles. The van der Waals surface area contributed by atoms with E-state index in [4.69, 9.17) is 0 Å². The van der Waals surface area contributed by atoms with Crippen LogP contribution in [0.3, 0.4) is 0 Å². The first kappa shape index (κ1) is 9.84. The molecule has 0 atom stereocenters. The second-order valence-corrected chi connectivity index (χ2v) is 2.78. The molecule has 0 bridgehead atoms. The van der Waals surface area contributed by atoms with Gasteiger partial charge in [-0.1, -0.05) is 0 Å². The summed E-state index contributed by atoms with van der Waals surface area (Å²) in [6, 6.07) is 2.73. The van der Waals surface area contributed by atoms with Gasteiger partial charge >= 0.3 is 0 Å². The van der Waals surface area contributed by atoms with Gasteiger partial charge in [0, 0.05) is 18.3 Å². The topological polar surface area (TPSA) is 12.4 Å². The van der Waals surface area contributed by atoms with E-state index in [0.717, 1.165) is 0 Å². The third-order valence-corrected chi connectivity index (χ3v) is 1.61. The summed E-state index contributed by atoms with van der Waals surface area (Å²) in [5, 5.41) is 0. The van der Waals surface area contributed by atoms with E-state index in [-0.39, 0.29) is 5.56 Å². The second-order valence-electron chi connectivity index (χ2n) is 2.78. The van der Waals surface area contributed by atoms with Gasteiger partial charge in [0.15, 0.2) is 11.6 Å². The number of halogens is 2. The fraction of sp³-hybridized carbons (Fsp3) is 0.300. The standard InChI is InChI=1S/C10H11F2N/c1-3-13-6-8-4-7(2)5-9(11)10(8)12/h4-6H,3H2,1-2H3/b13-6+. The zero-order valence-electron chi connectivity index (χ0n) is 7.64. The van der Waals surface area contributed by atoms with Crippen LogP contribution < -0.4 is 0 Å². The fourth-order valence-corrected chi connectivity index (χ4v) is 1.04. The van der Waals surface area contributed by atoms with Gasteiger partial charge in [0.25, 0.3) is 0 Å². The Morgan fingerprint density at radius 1 is 1.38 bits per heavy atom. The monoisotopic (exact) mass is 183 g/mol. The first-order chi connectivity index (χ1) is 6.15. The number of aryl methyl sites for hydroxylation is 1. The van der Waals surface area contributed by atoms with Gasteiger partial charge in [-0.3, -0.25) is 4.99 Å². The highest BCUT2D eigenvalue weighted by atomic mass is 19.2. The minimum absolute atomic E-state index is 0.208. The molecule has 1 aromatic carbocycles. The molecule has 0 N–H and O–H groups in total. The molecule has 0 aliphatic heterocycles. The Morgan fingerprint density at radius 3 is 2.69 bits per heavy atom. The average Bonchev–Trinajstić information content (AvgIpc) is 2.09. The van der Waals surface area contributed by atoms with Crippen molar-refractivity contribution in [3.05, 3.63) is 34.9 Å². The number of hydrogen-bond donors (Lipinski definition) is 0. The normalized spacial score (nSPS) is 11.1. The first-order valence-electron chi connectivity index (χ1n) is 4.10. The van der Waals surface area contributed by atoms with E-state index in [9.17, 15) is 8.78 Å². The molecule has 0 aliphatic carbocycles. The van der Waals surface area contributed by atoms with Crippen molar-refractivity contribution >= 4 is 6.21 Å². The SMILES string of the molecule is CC/N=C/c1cc(C)cc(F)c1F. The van der Waals surface area contributed by atoms with Gasteiger partial charge in [-0.2, -0.15) is 0 Å². The maximum absolute atomic E-state index is 13.0. The molecule has 0 fully saturated rings. The molecular weight excluding hydrogens is 172 g/mol. The molecule has 0 aromatic heterocycles. The molecule has 1 rings (SSSR count). The van der Waals surface area contributed by atoms with Crippen LogP contribution >= 0.6 is 0 Å². The van der Waals surface area contributed by atoms with E-state index in [2.05, 4.69) is 4.99 Å². The summed E-state index contributed by atoms with van der Waals surface area (Å²) in [6.45, 7) is 4.11. The number of aliphatic imine (C=N–C) groups is 1. The van der Waals surface area contributed by atoms with Crippen LogP contribution in [0.25, 0.3) is 0 Å². The van der Waals surface area contributed by atoms with Gasteiger partial charge in [-0.15, -0.1) is 0 Å². The Labute approximate surface area is 76.1 Å². The zero-order valence-corrected chi connectivity index (χ0v) is 7.64. The van der Waals surface area contributed by atoms with Crippen molar-refractivity contribution in [1.82, 2.24) is 0 Å². The van der Waals surface area contributed by atoms with Crippen molar-refractivity contribution in [3.8, 4) is 0 Å². The van der Waals surface area contributed by atoms with E-state index in [0.29, 0.717) is 12.1 Å². The fourth-order valence-electron chi connectivity index (χ4n) is 1.04. The first-order valence-corrected chi connectivity index (χ1v) is 4.10. The molecule has 13 heavy (non-hydrogen) atoms. The molecule has 0 radical (unpaired) electrons. The second kappa shape index (κ2) is 4.12. The summed E-state index contributed by atoms with van der Waals surface area (Å²) in [6.07, 6.45) is 1.35. The molecule has 0 heterocycles. The number of nitrogens with zero attached hydrogens (tertiary/aromatic N) is 1. The van der Waals surface area contributed by atoms with E-state index < -0.39 is 11.6 Å². The van der Waals surface area contributed by atoms with E-state index in [1.165, 1.54) is 12.3 Å². The van der Waals surface area contributed by atoms with Crippen LogP contribution in [0.15, 0.2) is 17.1 Å². The van der Waals surface area contributed by atoms with Crippen LogP contribution in [-0.4, -0.2) is 12.8 Å². The van der Waals surface area contributed by atoms with Crippen LogP contribution in [-0.2, 0) is 0 Å². The van der Waals surface area contributed by atoms with Crippen molar-refractivity contribution in [2.24, 2.45) is 4.99 Å². The molecule has 70 valence electrons. The molecule has 0 spiro atoms. The van der Waals surface area contributed by atoms with Crippen LogP contribution in [0, 0.1) is 18.6 Å². The van der Waals surface area contributed by atoms with E-state index >= 15 is 0 Å². The summed E-state index contributed by atoms with van der Waals surface area (Å²) in [4.78, 5) is 3.85. The highest BCUT2D eigenvalue weighted by molar-refractivity contribution is 5.80. The molecule has 0 unspecified atom stereocenters. The van der Waals surface area contributed by atoms with Gasteiger partial charge < -0.3 is 0 Å². The Kier molecular flexibility index (Phi) is 3.12. The molecule has 3 heteroatoms. The molecule has 1 aromatic rings. The van der Waals surface area contributed by atoms with Gasteiger partial charge in [0.1, 0.15) is 0 Å². The van der Waals surface area contributed by atoms with Gasteiger partial charge in [-0.25, -0.2) is 8.78 Å². The maximum Gasteiger partial charge on any atom is 0.167 e. The van der Waals surface area contributed by atoms with Crippen molar-refractivity contribution in [2.45, 2.75) is 13.8 Å². The maximum atomic E-state index is 13.0. The summed E-state index contributed by atoms with van der Waals surface area (Å²) in [5.74, 6) is -1.65. The van der Waals surface area contributed by atoms with Crippen molar-refractivity contribution in [1.29, 1.82) is 0 Å². The van der Waals surface area contributed by atoms with Crippen molar-refractivity contribution < 1.29 is 8.78 Å². The minimum atomic E-state index is -0.831. The van der Waals surface area contributed by atoms with E-state index in [1.807, 2.05) is 6.92 Å². The molecule has 0 amide bonds. The quantitative estimate of drug-likeness (QED) is 0.625. The number of rotatable bonds is 2. The van der Waals surface area contributed by atoms with Gasteiger partial charge in [-0.05, 0) is 31.5 Å². The highest BCUT2D eigenvalue weighted by Gasteiger charge is 2.06. The summed E-state index contributed by atoms with van der Waals surface area (Å²) in [7, 11) is 0. The number of hydrogen-bond acceptors (Lipinski definition) is 1. The predicted molar refractivity (Wildman–Crippen MR) is 49.2 cm³/mol. The lowest BCUT2D eigenvalue weighted by Gasteiger charge is -1.99. The predicted octanol–water partition coefficient (Wildman–Crippen LogP) is 2.71. The van der Waals surface area contributed by atoms with Gasteiger partial charge in [0.05, 0.1) is 0 Å². The third-order valence-electron chi connectivity index (χ3n) is 1.61. The minimum Gasteiger partial charge on any atom is -0.293 e. The van der Waals surface area contributed by atoms with Crippen LogP contribution in [0.1, 0.15) is 18.1 Å². The van der Waals surface area contributed by atoms with Crippen molar-refractivity contribution in [3.63, 3.8) is 0 Å². The Hall–Kier alpha value is -1.25. The Balaban J connectivity index is 3.12. The van der Waals surface area contributed by atoms with Gasteiger partial charge in [0.2, 0.25) is 0 Å². The molecule has 0 aliphatic rings. The largest absolute Gasteiger partial charge is 0.293 e. The third kappa shape index (κ3) is 2.34. The van der Waals surface area contributed by atoms with E-state index in [1.54, 1.807) is 13.0 Å². The van der Waals surface area contributed by atoms with Crippen molar-refractivity contribution in [2.75, 3.05) is 6.54 Å². The molecule has 1 nitrogen and oxygen atoms in total. The highest BCUT2D eigenvalue weighted by Crippen LogP contribution is 2.12. The lowest BCUT2D eigenvalue weighted by atomic mass is 10.1. The molecular formula is C10H11F2N. The summed E-state index contributed by atoms with van der Waals surface area (Å²) >= 11 is 0. The average molecular weight is 183 g/mol. The lowest BCUT2D eigenvalue weighted by Crippen LogP contribution is -1.94. The summed E-state index contributed by atoms with van der Waals surface area (Å²) in [5.41, 5.74) is 0.899. The number of benzene rings is 1. The zero-order chi connectivity index (χ0) is 9.84. The van der Waals surface area contributed by atoms with Crippen LogP contribution in [0.2, 0.25) is 0 Å². The Bertz CT molecular complexity index is 332. The Morgan fingerprint density at radius 2 is 2.08 bits per heavy atom. The van der Waals surface area contributed by atoms with Crippen LogP contribution in [0.4, 0.5) is 8.78 Å². The lowest BCUT2D eigenvalue weighted by molar-refractivity contribution is 0.506. The smallest absolute Gasteiger partial charge is 0.167 e. The molecule has 0 saturated carbocycles.